The van der Waals surface area contributed by atoms with Gasteiger partial charge in [-0.1, -0.05) is 24.8 Å². The molecule has 0 aliphatic rings. The van der Waals surface area contributed by atoms with Crippen LogP contribution in [0.5, 0.6) is 0 Å². The van der Waals surface area contributed by atoms with Gasteiger partial charge in [-0.3, -0.25) is 4.79 Å². The molecule has 1 heterocycles. The molecule has 0 bridgehead atoms. The van der Waals surface area contributed by atoms with E-state index in [9.17, 15) is 27.6 Å². The van der Waals surface area contributed by atoms with Crippen molar-refractivity contribution in [3.63, 3.8) is 0 Å². The molecule has 1 aromatic heterocycles. The van der Waals surface area contributed by atoms with Crippen LogP contribution in [0.25, 0.3) is 0 Å². The third kappa shape index (κ3) is 5.07. The largest absolute Gasteiger partial charge is 0.462 e. The van der Waals surface area contributed by atoms with Gasteiger partial charge in [0, 0.05) is 0 Å². The predicted octanol–water partition coefficient (Wildman–Crippen LogP) is 4.85. The molecule has 0 aliphatic carbocycles. The number of halogens is 3. The lowest BCUT2D eigenvalue weighted by Crippen LogP contribution is -2.19. The summed E-state index contributed by atoms with van der Waals surface area (Å²) in [6.07, 6.45) is -3.40. The molecule has 1 amide bonds. The molecule has 6 nitrogen and oxygen atoms in total. The van der Waals surface area contributed by atoms with Crippen LogP contribution in [0.4, 0.5) is 18.2 Å². The Labute approximate surface area is 174 Å². The molecular formula is C20H18F3NO5S. The standard InChI is InChI=1S/C20H18F3NO5S/c1-4-10-29-19(27)15-11(3)14(18(26)28-5-2)17(30-15)24-16(25)12-8-6-7-9-13(12)20(21,22)23/h4,6-9H,1,5,10H2,2-3H3,(H,24,25). The Morgan fingerprint density at radius 3 is 2.43 bits per heavy atom. The van der Waals surface area contributed by atoms with Gasteiger partial charge in [0.1, 0.15) is 16.5 Å². The van der Waals surface area contributed by atoms with E-state index in [-0.39, 0.29) is 34.2 Å². The fourth-order valence-electron chi connectivity index (χ4n) is 2.54. The molecule has 0 saturated carbocycles. The molecule has 2 rings (SSSR count). The summed E-state index contributed by atoms with van der Waals surface area (Å²) < 4.78 is 49.6. The third-order valence-electron chi connectivity index (χ3n) is 3.85. The number of anilines is 1. The maximum atomic E-state index is 13.2. The van der Waals surface area contributed by atoms with Gasteiger partial charge >= 0.3 is 18.1 Å². The summed E-state index contributed by atoms with van der Waals surface area (Å²) in [4.78, 5) is 37.2. The van der Waals surface area contributed by atoms with E-state index in [0.29, 0.717) is 11.3 Å². The van der Waals surface area contributed by atoms with Crippen LogP contribution < -0.4 is 5.32 Å². The number of thiophene rings is 1. The average molecular weight is 441 g/mol. The molecule has 0 unspecified atom stereocenters. The fourth-order valence-corrected chi connectivity index (χ4v) is 3.63. The van der Waals surface area contributed by atoms with E-state index >= 15 is 0 Å². The normalized spacial score (nSPS) is 11.0. The lowest BCUT2D eigenvalue weighted by atomic mass is 10.1. The lowest BCUT2D eigenvalue weighted by Gasteiger charge is -2.12. The second-order valence-corrected chi connectivity index (χ2v) is 6.89. The first-order valence-corrected chi connectivity index (χ1v) is 9.49. The topological polar surface area (TPSA) is 81.7 Å². The SMILES string of the molecule is C=CCOC(=O)c1sc(NC(=O)c2ccccc2C(F)(F)F)c(C(=O)OCC)c1C. The molecule has 0 fully saturated rings. The summed E-state index contributed by atoms with van der Waals surface area (Å²) in [7, 11) is 0. The van der Waals surface area contributed by atoms with Crippen LogP contribution in [0.2, 0.25) is 0 Å². The Hall–Kier alpha value is -3.14. The Bertz CT molecular complexity index is 981. The minimum atomic E-state index is -4.75. The molecule has 0 aliphatic heterocycles. The van der Waals surface area contributed by atoms with E-state index in [1.807, 2.05) is 0 Å². The van der Waals surface area contributed by atoms with Gasteiger partial charge in [0.2, 0.25) is 0 Å². The number of esters is 2. The Morgan fingerprint density at radius 1 is 1.17 bits per heavy atom. The average Bonchev–Trinajstić information content (AvgIpc) is 3.01. The molecule has 2 aromatic rings. The summed E-state index contributed by atoms with van der Waals surface area (Å²) in [6.45, 7) is 6.39. The second-order valence-electron chi connectivity index (χ2n) is 5.87. The molecule has 10 heteroatoms. The smallest absolute Gasteiger partial charge is 0.417 e. The summed E-state index contributed by atoms with van der Waals surface area (Å²) in [5.74, 6) is -2.67. The minimum Gasteiger partial charge on any atom is -0.462 e. The number of carbonyl (C=O) groups excluding carboxylic acids is 3. The van der Waals surface area contributed by atoms with Gasteiger partial charge in [0.25, 0.3) is 5.91 Å². The highest BCUT2D eigenvalue weighted by molar-refractivity contribution is 7.18. The van der Waals surface area contributed by atoms with Crippen molar-refractivity contribution in [2.75, 3.05) is 18.5 Å². The first-order chi connectivity index (χ1) is 14.1. The van der Waals surface area contributed by atoms with Crippen LogP contribution in [-0.4, -0.2) is 31.1 Å². The molecule has 0 saturated heterocycles. The highest BCUT2D eigenvalue weighted by Gasteiger charge is 2.35. The van der Waals surface area contributed by atoms with Crippen LogP contribution in [-0.2, 0) is 15.7 Å². The Kier molecular flexibility index (Phi) is 7.38. The predicted molar refractivity (Wildman–Crippen MR) is 105 cm³/mol. The molecule has 1 aromatic carbocycles. The van der Waals surface area contributed by atoms with Crippen LogP contribution in [0, 0.1) is 6.92 Å². The molecular weight excluding hydrogens is 423 g/mol. The van der Waals surface area contributed by atoms with Crippen molar-refractivity contribution in [1.29, 1.82) is 0 Å². The first kappa shape index (κ1) is 23.1. The fraction of sp³-hybridized carbons (Fsp3) is 0.250. The number of rotatable bonds is 7. The summed E-state index contributed by atoms with van der Waals surface area (Å²) in [5, 5.41) is 2.19. The lowest BCUT2D eigenvalue weighted by molar-refractivity contribution is -0.137. The third-order valence-corrected chi connectivity index (χ3v) is 5.04. The molecule has 0 atom stereocenters. The van der Waals surface area contributed by atoms with Crippen LogP contribution in [0.1, 0.15) is 48.4 Å². The van der Waals surface area contributed by atoms with Crippen LogP contribution in [0.3, 0.4) is 0 Å². The number of carbonyl (C=O) groups is 3. The van der Waals surface area contributed by atoms with E-state index in [0.717, 1.165) is 18.2 Å². The van der Waals surface area contributed by atoms with Gasteiger partial charge in [-0.25, -0.2) is 9.59 Å². The number of amides is 1. The molecule has 160 valence electrons. The van der Waals surface area contributed by atoms with E-state index < -0.39 is 35.1 Å². The van der Waals surface area contributed by atoms with Gasteiger partial charge in [-0.05, 0) is 31.5 Å². The second kappa shape index (κ2) is 9.57. The zero-order valence-corrected chi connectivity index (χ0v) is 16.9. The maximum absolute atomic E-state index is 13.2. The summed E-state index contributed by atoms with van der Waals surface area (Å²) in [6, 6.07) is 4.24. The minimum absolute atomic E-state index is 0.0132. The highest BCUT2D eigenvalue weighted by Crippen LogP contribution is 2.36. The Balaban J connectivity index is 2.48. The number of nitrogens with one attached hydrogen (secondary N) is 1. The number of hydrogen-bond donors (Lipinski definition) is 1. The quantitative estimate of drug-likeness (QED) is 0.491. The molecule has 1 N–H and O–H groups in total. The van der Waals surface area contributed by atoms with Crippen molar-refractivity contribution in [3.05, 3.63) is 64.1 Å². The van der Waals surface area contributed by atoms with Crippen LogP contribution >= 0.6 is 11.3 Å². The van der Waals surface area contributed by atoms with Gasteiger partial charge in [-0.2, -0.15) is 13.2 Å². The molecule has 30 heavy (non-hydrogen) atoms. The van der Waals surface area contributed by atoms with Crippen molar-refractivity contribution in [3.8, 4) is 0 Å². The zero-order valence-electron chi connectivity index (χ0n) is 16.1. The monoisotopic (exact) mass is 441 g/mol. The van der Waals surface area contributed by atoms with Crippen molar-refractivity contribution < 1.29 is 37.0 Å². The van der Waals surface area contributed by atoms with Crippen molar-refractivity contribution in [2.45, 2.75) is 20.0 Å². The van der Waals surface area contributed by atoms with Crippen molar-refractivity contribution in [1.82, 2.24) is 0 Å². The van der Waals surface area contributed by atoms with E-state index in [2.05, 4.69) is 11.9 Å². The van der Waals surface area contributed by atoms with E-state index in [1.165, 1.54) is 19.1 Å². The molecule has 0 radical (unpaired) electrons. The maximum Gasteiger partial charge on any atom is 0.417 e. The number of alkyl halides is 3. The zero-order chi connectivity index (χ0) is 22.5. The van der Waals surface area contributed by atoms with Gasteiger partial charge < -0.3 is 14.8 Å². The first-order valence-electron chi connectivity index (χ1n) is 8.67. The van der Waals surface area contributed by atoms with Gasteiger partial charge in [0.05, 0.1) is 23.3 Å². The highest BCUT2D eigenvalue weighted by atomic mass is 32.1. The number of ether oxygens (including phenoxy) is 2. The molecule has 0 spiro atoms. The van der Waals surface area contributed by atoms with E-state index in [4.69, 9.17) is 9.47 Å². The number of hydrogen-bond acceptors (Lipinski definition) is 6. The van der Waals surface area contributed by atoms with Crippen molar-refractivity contribution in [2.24, 2.45) is 0 Å². The Morgan fingerprint density at radius 2 is 1.83 bits per heavy atom. The summed E-state index contributed by atoms with van der Waals surface area (Å²) >= 11 is 0.712. The van der Waals surface area contributed by atoms with Gasteiger partial charge in [0.15, 0.2) is 0 Å². The van der Waals surface area contributed by atoms with Crippen molar-refractivity contribution >= 4 is 34.2 Å². The summed E-state index contributed by atoms with van der Waals surface area (Å²) in [5.41, 5.74) is -1.68. The van der Waals surface area contributed by atoms with E-state index in [1.54, 1.807) is 6.92 Å². The number of benzene rings is 1. The van der Waals surface area contributed by atoms with Gasteiger partial charge in [-0.15, -0.1) is 11.3 Å². The van der Waals surface area contributed by atoms with Crippen LogP contribution in [0.15, 0.2) is 36.9 Å².